The number of hydrogen-bond acceptors (Lipinski definition) is 4. The first kappa shape index (κ1) is 13.1. The van der Waals surface area contributed by atoms with Crippen LogP contribution in [0.4, 0.5) is 5.69 Å². The molecule has 0 aliphatic carbocycles. The normalized spacial score (nSPS) is 10.8. The number of aromatic nitrogens is 4. The summed E-state index contributed by atoms with van der Waals surface area (Å²) in [5, 5.41) is 3.41. The van der Waals surface area contributed by atoms with Gasteiger partial charge in [-0.05, 0) is 34.5 Å². The molecule has 0 radical (unpaired) electrons. The predicted molar refractivity (Wildman–Crippen MR) is 82.6 cm³/mol. The first-order valence-corrected chi connectivity index (χ1v) is 7.24. The van der Waals surface area contributed by atoms with E-state index in [-0.39, 0.29) is 0 Å². The Morgan fingerprint density at radius 1 is 1.20 bits per heavy atom. The van der Waals surface area contributed by atoms with Crippen molar-refractivity contribution in [1.82, 2.24) is 19.9 Å². The highest BCUT2D eigenvalue weighted by atomic mass is 79.9. The standard InChI is InChI=1S/C14H14BrN5/c15-10-8-12-14(20-9-10)11(3-5-17-12)16-4-1-2-13-18-6-7-19-13/h3,5-9H,1-2,4H2,(H,16,17)(H,18,19). The van der Waals surface area contributed by atoms with E-state index >= 15 is 0 Å². The van der Waals surface area contributed by atoms with Crippen LogP contribution in [0.5, 0.6) is 0 Å². The van der Waals surface area contributed by atoms with E-state index in [0.717, 1.165) is 46.4 Å². The Kier molecular flexibility index (Phi) is 3.92. The summed E-state index contributed by atoms with van der Waals surface area (Å²) >= 11 is 3.41. The van der Waals surface area contributed by atoms with E-state index in [9.17, 15) is 0 Å². The maximum absolute atomic E-state index is 4.42. The molecule has 0 atom stereocenters. The Morgan fingerprint density at radius 3 is 3.00 bits per heavy atom. The molecule has 3 heterocycles. The fraction of sp³-hybridized carbons (Fsp3) is 0.214. The van der Waals surface area contributed by atoms with Gasteiger partial charge in [0.25, 0.3) is 0 Å². The molecule has 0 aromatic carbocycles. The van der Waals surface area contributed by atoms with Crippen molar-refractivity contribution in [3.05, 3.63) is 47.2 Å². The largest absolute Gasteiger partial charge is 0.383 e. The van der Waals surface area contributed by atoms with Crippen molar-refractivity contribution < 1.29 is 0 Å². The highest BCUT2D eigenvalue weighted by Gasteiger charge is 2.03. The van der Waals surface area contributed by atoms with E-state index in [0.29, 0.717) is 0 Å². The summed E-state index contributed by atoms with van der Waals surface area (Å²) in [4.78, 5) is 16.1. The van der Waals surface area contributed by atoms with Gasteiger partial charge in [-0.15, -0.1) is 0 Å². The third kappa shape index (κ3) is 2.96. The van der Waals surface area contributed by atoms with Gasteiger partial charge in [-0.25, -0.2) is 4.98 Å². The van der Waals surface area contributed by atoms with Gasteiger partial charge >= 0.3 is 0 Å². The molecule has 0 bridgehead atoms. The summed E-state index contributed by atoms with van der Waals surface area (Å²) in [6, 6.07) is 3.92. The Balaban J connectivity index is 1.65. The van der Waals surface area contributed by atoms with Crippen molar-refractivity contribution in [2.45, 2.75) is 12.8 Å². The molecule has 5 nitrogen and oxygen atoms in total. The SMILES string of the molecule is Brc1cnc2c(NCCCc3ncc[nH]3)ccnc2c1. The highest BCUT2D eigenvalue weighted by Crippen LogP contribution is 2.21. The lowest BCUT2D eigenvalue weighted by Crippen LogP contribution is -2.04. The average molecular weight is 332 g/mol. The summed E-state index contributed by atoms with van der Waals surface area (Å²) in [5.41, 5.74) is 2.80. The number of halogens is 1. The lowest BCUT2D eigenvalue weighted by Gasteiger charge is -2.08. The summed E-state index contributed by atoms with van der Waals surface area (Å²) in [5.74, 6) is 1.02. The minimum atomic E-state index is 0.873. The number of aryl methyl sites for hydroxylation is 1. The number of aromatic amines is 1. The van der Waals surface area contributed by atoms with Crippen LogP contribution in [0, 0.1) is 0 Å². The van der Waals surface area contributed by atoms with Crippen LogP contribution in [0.3, 0.4) is 0 Å². The van der Waals surface area contributed by atoms with Crippen LogP contribution in [-0.2, 0) is 6.42 Å². The first-order chi connectivity index (χ1) is 9.83. The molecule has 20 heavy (non-hydrogen) atoms. The molecule has 3 aromatic heterocycles. The molecule has 102 valence electrons. The van der Waals surface area contributed by atoms with Crippen LogP contribution in [0.25, 0.3) is 11.0 Å². The second-order valence-corrected chi connectivity index (χ2v) is 5.36. The minimum Gasteiger partial charge on any atom is -0.383 e. The lowest BCUT2D eigenvalue weighted by atomic mass is 10.2. The van der Waals surface area contributed by atoms with Crippen molar-refractivity contribution in [2.24, 2.45) is 0 Å². The number of imidazole rings is 1. The van der Waals surface area contributed by atoms with Crippen LogP contribution in [0.15, 0.2) is 41.4 Å². The van der Waals surface area contributed by atoms with E-state index in [1.54, 1.807) is 18.6 Å². The molecule has 0 aliphatic heterocycles. The van der Waals surface area contributed by atoms with Crippen LogP contribution in [-0.4, -0.2) is 26.5 Å². The third-order valence-corrected chi connectivity index (χ3v) is 3.44. The first-order valence-electron chi connectivity index (χ1n) is 6.45. The fourth-order valence-corrected chi connectivity index (χ4v) is 2.38. The average Bonchev–Trinajstić information content (AvgIpc) is 2.96. The number of H-pyrrole nitrogens is 1. The number of nitrogens with zero attached hydrogens (tertiary/aromatic N) is 3. The number of fused-ring (bicyclic) bond motifs is 1. The molecule has 6 heteroatoms. The molecule has 3 rings (SSSR count). The zero-order valence-electron chi connectivity index (χ0n) is 10.8. The van der Waals surface area contributed by atoms with Crippen molar-refractivity contribution in [3.8, 4) is 0 Å². The molecule has 0 amide bonds. The number of hydrogen-bond donors (Lipinski definition) is 2. The number of anilines is 1. The molecule has 0 saturated heterocycles. The van der Waals surface area contributed by atoms with Gasteiger partial charge in [-0.3, -0.25) is 9.97 Å². The Bertz CT molecular complexity index is 696. The fourth-order valence-electron chi connectivity index (χ4n) is 2.06. The van der Waals surface area contributed by atoms with E-state index < -0.39 is 0 Å². The quantitative estimate of drug-likeness (QED) is 0.705. The molecule has 0 saturated carbocycles. The lowest BCUT2D eigenvalue weighted by molar-refractivity contribution is 0.817. The molecular weight excluding hydrogens is 318 g/mol. The van der Waals surface area contributed by atoms with Crippen molar-refractivity contribution in [1.29, 1.82) is 0 Å². The zero-order chi connectivity index (χ0) is 13.8. The van der Waals surface area contributed by atoms with Crippen molar-refractivity contribution >= 4 is 32.7 Å². The van der Waals surface area contributed by atoms with Crippen LogP contribution in [0.1, 0.15) is 12.2 Å². The molecular formula is C14H14BrN5. The van der Waals surface area contributed by atoms with Crippen LogP contribution >= 0.6 is 15.9 Å². The van der Waals surface area contributed by atoms with E-state index in [4.69, 9.17) is 0 Å². The number of nitrogens with one attached hydrogen (secondary N) is 2. The maximum Gasteiger partial charge on any atom is 0.112 e. The zero-order valence-corrected chi connectivity index (χ0v) is 12.4. The second-order valence-electron chi connectivity index (χ2n) is 4.45. The molecule has 0 fully saturated rings. The van der Waals surface area contributed by atoms with E-state index in [1.165, 1.54) is 0 Å². The van der Waals surface area contributed by atoms with E-state index in [2.05, 4.69) is 41.2 Å². The van der Waals surface area contributed by atoms with Crippen LogP contribution < -0.4 is 5.32 Å². The summed E-state index contributed by atoms with van der Waals surface area (Å²) in [6.45, 7) is 0.873. The maximum atomic E-state index is 4.42. The van der Waals surface area contributed by atoms with Gasteiger partial charge in [0.1, 0.15) is 11.3 Å². The highest BCUT2D eigenvalue weighted by molar-refractivity contribution is 9.10. The molecule has 2 N–H and O–H groups in total. The van der Waals surface area contributed by atoms with Gasteiger partial charge in [-0.2, -0.15) is 0 Å². The topological polar surface area (TPSA) is 66.5 Å². The van der Waals surface area contributed by atoms with Gasteiger partial charge in [0, 0.05) is 42.2 Å². The van der Waals surface area contributed by atoms with Gasteiger partial charge in [0.05, 0.1) is 11.2 Å². The molecule has 0 aliphatic rings. The summed E-state index contributed by atoms with van der Waals surface area (Å²) < 4.78 is 0.937. The minimum absolute atomic E-state index is 0.873. The summed E-state index contributed by atoms with van der Waals surface area (Å²) in [6.07, 6.45) is 9.15. The monoisotopic (exact) mass is 331 g/mol. The van der Waals surface area contributed by atoms with Gasteiger partial charge in [0.2, 0.25) is 0 Å². The number of rotatable bonds is 5. The van der Waals surface area contributed by atoms with Crippen molar-refractivity contribution in [2.75, 3.05) is 11.9 Å². The van der Waals surface area contributed by atoms with Gasteiger partial charge < -0.3 is 10.3 Å². The predicted octanol–water partition coefficient (Wildman–Crippen LogP) is 3.16. The molecule has 0 spiro atoms. The Morgan fingerprint density at radius 2 is 2.15 bits per heavy atom. The third-order valence-electron chi connectivity index (χ3n) is 3.00. The van der Waals surface area contributed by atoms with Gasteiger partial charge in [-0.1, -0.05) is 0 Å². The van der Waals surface area contributed by atoms with Crippen LogP contribution in [0.2, 0.25) is 0 Å². The Hall–Kier alpha value is -1.95. The van der Waals surface area contributed by atoms with E-state index in [1.807, 2.05) is 18.3 Å². The smallest absolute Gasteiger partial charge is 0.112 e. The number of pyridine rings is 2. The van der Waals surface area contributed by atoms with Crippen molar-refractivity contribution in [3.63, 3.8) is 0 Å². The molecule has 0 unspecified atom stereocenters. The van der Waals surface area contributed by atoms with Gasteiger partial charge in [0.15, 0.2) is 0 Å². The summed E-state index contributed by atoms with van der Waals surface area (Å²) in [7, 11) is 0. The molecule has 3 aromatic rings. The second kappa shape index (κ2) is 6.00. The Labute approximate surface area is 125 Å².